The summed E-state index contributed by atoms with van der Waals surface area (Å²) >= 11 is 6.04. The molecule has 1 saturated carbocycles. The molecule has 2 unspecified atom stereocenters. The number of rotatable bonds is 4. The molecule has 1 fully saturated rings. The van der Waals surface area contributed by atoms with Crippen LogP contribution < -0.4 is 5.32 Å². The van der Waals surface area contributed by atoms with E-state index < -0.39 is 0 Å². The summed E-state index contributed by atoms with van der Waals surface area (Å²) in [6.45, 7) is 2.77. The predicted molar refractivity (Wildman–Crippen MR) is 81.1 cm³/mol. The molecule has 0 aromatic heterocycles. The van der Waals surface area contributed by atoms with Gasteiger partial charge in [0.15, 0.2) is 0 Å². The number of hydrogen-bond donors (Lipinski definition) is 2. The molecule has 110 valence electrons. The fraction of sp³-hybridized carbons (Fsp3) is 0.562. The van der Waals surface area contributed by atoms with E-state index in [0.717, 1.165) is 18.4 Å². The Balaban J connectivity index is 1.92. The van der Waals surface area contributed by atoms with E-state index >= 15 is 0 Å². The third-order valence-corrected chi connectivity index (χ3v) is 4.67. The summed E-state index contributed by atoms with van der Waals surface area (Å²) in [5, 5.41) is 13.0. The first-order valence-electron chi connectivity index (χ1n) is 7.27. The first-order valence-corrected chi connectivity index (χ1v) is 7.65. The monoisotopic (exact) mass is 295 g/mol. The minimum absolute atomic E-state index is 0.0887. The fourth-order valence-electron chi connectivity index (χ4n) is 2.85. The number of nitrogens with one attached hydrogen (secondary N) is 1. The van der Waals surface area contributed by atoms with Crippen molar-refractivity contribution in [1.29, 1.82) is 0 Å². The molecule has 0 bridgehead atoms. The summed E-state index contributed by atoms with van der Waals surface area (Å²) in [5.41, 5.74) is 1.56. The summed E-state index contributed by atoms with van der Waals surface area (Å²) in [5.74, 6) is 0.624. The lowest BCUT2D eigenvalue weighted by molar-refractivity contribution is 0.0909. The van der Waals surface area contributed by atoms with Crippen LogP contribution in [0.3, 0.4) is 0 Å². The van der Waals surface area contributed by atoms with Crippen molar-refractivity contribution in [2.75, 3.05) is 13.2 Å². The Bertz CT molecular complexity index is 476. The number of carbonyl (C=O) groups excluding carboxylic acids is 1. The van der Waals surface area contributed by atoms with E-state index in [-0.39, 0.29) is 12.5 Å². The molecule has 1 aliphatic rings. The van der Waals surface area contributed by atoms with Crippen molar-refractivity contribution in [3.8, 4) is 0 Å². The third-order valence-electron chi connectivity index (χ3n) is 4.26. The first kappa shape index (κ1) is 15.3. The van der Waals surface area contributed by atoms with Crippen LogP contribution >= 0.6 is 11.6 Å². The summed E-state index contributed by atoms with van der Waals surface area (Å²) in [4.78, 5) is 12.1. The zero-order valence-electron chi connectivity index (χ0n) is 11.9. The lowest BCUT2D eigenvalue weighted by atomic mass is 9.79. The Morgan fingerprint density at radius 3 is 2.70 bits per heavy atom. The number of benzene rings is 1. The van der Waals surface area contributed by atoms with Gasteiger partial charge in [-0.3, -0.25) is 4.79 Å². The molecule has 1 amide bonds. The molecule has 2 rings (SSSR count). The molecule has 2 atom stereocenters. The van der Waals surface area contributed by atoms with E-state index in [1.165, 1.54) is 12.8 Å². The molecule has 0 saturated heterocycles. The molecule has 3 nitrogen and oxygen atoms in total. The van der Waals surface area contributed by atoms with Crippen molar-refractivity contribution in [2.45, 2.75) is 32.6 Å². The molecule has 1 aromatic carbocycles. The van der Waals surface area contributed by atoms with Gasteiger partial charge in [0.25, 0.3) is 5.91 Å². The van der Waals surface area contributed by atoms with Crippen molar-refractivity contribution in [3.05, 3.63) is 34.3 Å². The highest BCUT2D eigenvalue weighted by molar-refractivity contribution is 6.31. The normalized spacial score (nSPS) is 22.6. The lowest BCUT2D eigenvalue weighted by Crippen LogP contribution is -2.35. The number of hydrogen-bond acceptors (Lipinski definition) is 2. The van der Waals surface area contributed by atoms with Crippen LogP contribution in [0.25, 0.3) is 0 Å². The van der Waals surface area contributed by atoms with Crippen LogP contribution in [0.1, 0.15) is 41.6 Å². The first-order chi connectivity index (χ1) is 9.61. The maximum atomic E-state index is 12.1. The Hall–Kier alpha value is -1.06. The number of aryl methyl sites for hydroxylation is 1. The van der Waals surface area contributed by atoms with Crippen molar-refractivity contribution < 1.29 is 9.90 Å². The van der Waals surface area contributed by atoms with Crippen LogP contribution in [0, 0.1) is 18.8 Å². The van der Waals surface area contributed by atoms with Crippen LogP contribution in [0.2, 0.25) is 5.02 Å². The van der Waals surface area contributed by atoms with Crippen molar-refractivity contribution in [1.82, 2.24) is 5.32 Å². The zero-order chi connectivity index (χ0) is 14.5. The van der Waals surface area contributed by atoms with E-state index in [9.17, 15) is 9.90 Å². The number of aliphatic hydroxyl groups excluding tert-OH is 1. The van der Waals surface area contributed by atoms with Crippen LogP contribution in [0.4, 0.5) is 0 Å². The van der Waals surface area contributed by atoms with Gasteiger partial charge in [-0.15, -0.1) is 0 Å². The van der Waals surface area contributed by atoms with Crippen molar-refractivity contribution in [3.63, 3.8) is 0 Å². The minimum atomic E-state index is -0.0887. The molecule has 0 radical (unpaired) electrons. The average molecular weight is 296 g/mol. The summed E-state index contributed by atoms with van der Waals surface area (Å²) < 4.78 is 0. The van der Waals surface area contributed by atoms with E-state index in [1.807, 2.05) is 13.0 Å². The second-order valence-corrected chi connectivity index (χ2v) is 6.07. The van der Waals surface area contributed by atoms with Gasteiger partial charge in [-0.1, -0.05) is 30.5 Å². The summed E-state index contributed by atoms with van der Waals surface area (Å²) in [7, 11) is 0. The van der Waals surface area contributed by atoms with Gasteiger partial charge in [-0.2, -0.15) is 0 Å². The van der Waals surface area contributed by atoms with Gasteiger partial charge in [0.1, 0.15) is 0 Å². The lowest BCUT2D eigenvalue weighted by Gasteiger charge is -2.30. The quantitative estimate of drug-likeness (QED) is 0.896. The second kappa shape index (κ2) is 7.09. The highest BCUT2D eigenvalue weighted by atomic mass is 35.5. The standard InChI is InChI=1S/C16H22ClNO2/c1-11-6-7-12(8-15(11)17)16(20)18-9-13-4-2-3-5-14(13)10-19/h6-8,13-14,19H,2-5,9-10H2,1H3,(H,18,20). The largest absolute Gasteiger partial charge is 0.396 e. The maximum Gasteiger partial charge on any atom is 0.251 e. The molecular weight excluding hydrogens is 274 g/mol. The Labute approximate surface area is 125 Å². The Morgan fingerprint density at radius 2 is 2.05 bits per heavy atom. The summed E-state index contributed by atoms with van der Waals surface area (Å²) in [6.07, 6.45) is 4.52. The SMILES string of the molecule is Cc1ccc(C(=O)NCC2CCCCC2CO)cc1Cl. The molecule has 0 aliphatic heterocycles. The Kier molecular flexibility index (Phi) is 5.44. The summed E-state index contributed by atoms with van der Waals surface area (Å²) in [6, 6.07) is 5.35. The number of halogens is 1. The van der Waals surface area contributed by atoms with Crippen LogP contribution in [0.15, 0.2) is 18.2 Å². The van der Waals surface area contributed by atoms with Gasteiger partial charge in [-0.25, -0.2) is 0 Å². The zero-order valence-corrected chi connectivity index (χ0v) is 12.6. The van der Waals surface area contributed by atoms with E-state index in [2.05, 4.69) is 5.32 Å². The van der Waals surface area contributed by atoms with Gasteiger partial charge in [-0.05, 0) is 49.3 Å². The maximum absolute atomic E-state index is 12.1. The molecule has 1 aromatic rings. The predicted octanol–water partition coefficient (Wildman–Crippen LogP) is 3.18. The van der Waals surface area contributed by atoms with Crippen molar-refractivity contribution >= 4 is 17.5 Å². The van der Waals surface area contributed by atoms with Gasteiger partial charge >= 0.3 is 0 Å². The molecule has 0 heterocycles. The highest BCUT2D eigenvalue weighted by Gasteiger charge is 2.24. The topological polar surface area (TPSA) is 49.3 Å². The fourth-order valence-corrected chi connectivity index (χ4v) is 3.03. The van der Waals surface area contributed by atoms with Crippen molar-refractivity contribution in [2.24, 2.45) is 11.8 Å². The molecule has 20 heavy (non-hydrogen) atoms. The van der Waals surface area contributed by atoms with E-state index in [0.29, 0.717) is 29.0 Å². The molecule has 2 N–H and O–H groups in total. The van der Waals surface area contributed by atoms with Crippen LogP contribution in [-0.2, 0) is 0 Å². The molecule has 0 spiro atoms. The van der Waals surface area contributed by atoms with Gasteiger partial charge < -0.3 is 10.4 Å². The second-order valence-electron chi connectivity index (χ2n) is 5.66. The highest BCUT2D eigenvalue weighted by Crippen LogP contribution is 2.29. The average Bonchev–Trinajstić information content (AvgIpc) is 2.47. The minimum Gasteiger partial charge on any atom is -0.396 e. The van der Waals surface area contributed by atoms with E-state index in [1.54, 1.807) is 12.1 Å². The van der Waals surface area contributed by atoms with Crippen LogP contribution in [-0.4, -0.2) is 24.2 Å². The Morgan fingerprint density at radius 1 is 1.35 bits per heavy atom. The molecule has 4 heteroatoms. The number of amides is 1. The molecular formula is C16H22ClNO2. The third kappa shape index (κ3) is 3.74. The van der Waals surface area contributed by atoms with Gasteiger partial charge in [0.05, 0.1) is 0 Å². The molecule has 1 aliphatic carbocycles. The number of aliphatic hydroxyl groups is 1. The number of carbonyl (C=O) groups is 1. The smallest absolute Gasteiger partial charge is 0.251 e. The van der Waals surface area contributed by atoms with Crippen LogP contribution in [0.5, 0.6) is 0 Å². The van der Waals surface area contributed by atoms with Gasteiger partial charge in [0.2, 0.25) is 0 Å². The van der Waals surface area contributed by atoms with E-state index in [4.69, 9.17) is 11.6 Å². The van der Waals surface area contributed by atoms with Gasteiger partial charge in [0, 0.05) is 23.7 Å².